The minimum absolute atomic E-state index is 1.15. The van der Waals surface area contributed by atoms with Crippen LogP contribution in [0.2, 0.25) is 0 Å². The molecule has 22 aromatic rings. The third-order valence-corrected chi connectivity index (χ3v) is 21.8. The average Bonchev–Trinajstić information content (AvgIpc) is 1.53. The van der Waals surface area contributed by atoms with Crippen molar-refractivity contribution in [2.24, 2.45) is 0 Å². The Morgan fingerprint density at radius 2 is 0.394 bits per heavy atom. The molecule has 0 N–H and O–H groups in total. The zero-order chi connectivity index (χ0) is 68.3. The third-order valence-electron chi connectivity index (χ3n) is 21.8. The van der Waals surface area contributed by atoms with E-state index in [-0.39, 0.29) is 0 Å². The molecule has 0 bridgehead atoms. The van der Waals surface area contributed by atoms with E-state index in [0.717, 1.165) is 11.4 Å². The van der Waals surface area contributed by atoms with Gasteiger partial charge in [-0.25, -0.2) is 0 Å². The van der Waals surface area contributed by atoms with Crippen LogP contribution in [0.15, 0.2) is 388 Å². The second-order valence-corrected chi connectivity index (χ2v) is 27.5. The lowest BCUT2D eigenvalue weighted by molar-refractivity contribution is 1.18. The molecule has 0 atom stereocenters. The van der Waals surface area contributed by atoms with E-state index in [2.05, 4.69) is 407 Å². The maximum Gasteiger partial charge on any atom is 0.0547 e. The number of hydrogen-bond acceptors (Lipinski definition) is 0. The van der Waals surface area contributed by atoms with Crippen LogP contribution >= 0.6 is 0 Å². The SMILES string of the molecule is c1ccc(-c2ccc(-n3c4ccccc4c4ccc(-c5ccc6c7ccccc7n(-c7cc8ccccc8c8ccccc78)c6c5)cc43)cc2)cc1.c1ccc(-c2cccc(-n3c4ccccc4c4ccc(-c5ccc6c7ccccc7n(-c7cc8ccccc8c8ccccc78)c6c5)cc43)c2)cc1. The minimum atomic E-state index is 1.15. The first-order valence-electron chi connectivity index (χ1n) is 35.9. The molecule has 0 spiro atoms. The molecule has 0 radical (unpaired) electrons. The highest BCUT2D eigenvalue weighted by atomic mass is 15.0. The Hall–Kier alpha value is -13.8. The van der Waals surface area contributed by atoms with Gasteiger partial charge in [0.15, 0.2) is 0 Å². The van der Waals surface area contributed by atoms with Crippen LogP contribution in [-0.4, -0.2) is 18.3 Å². The van der Waals surface area contributed by atoms with Gasteiger partial charge in [0.1, 0.15) is 0 Å². The zero-order valence-corrected chi connectivity index (χ0v) is 56.7. The van der Waals surface area contributed by atoms with Crippen LogP contribution in [0.3, 0.4) is 0 Å². The lowest BCUT2D eigenvalue weighted by Gasteiger charge is -2.15. The molecular weight excluding hydrogens is 1260 g/mol. The molecule has 104 heavy (non-hydrogen) atoms. The zero-order valence-electron chi connectivity index (χ0n) is 56.7. The van der Waals surface area contributed by atoms with E-state index in [1.165, 1.54) is 186 Å². The summed E-state index contributed by atoms with van der Waals surface area (Å²) in [6.45, 7) is 0. The van der Waals surface area contributed by atoms with Gasteiger partial charge in [-0.15, -0.1) is 0 Å². The molecule has 0 fully saturated rings. The van der Waals surface area contributed by atoms with E-state index in [4.69, 9.17) is 0 Å². The van der Waals surface area contributed by atoms with E-state index in [9.17, 15) is 0 Å². The van der Waals surface area contributed by atoms with Gasteiger partial charge >= 0.3 is 0 Å². The van der Waals surface area contributed by atoms with Crippen molar-refractivity contribution in [3.8, 4) is 67.3 Å². The fraction of sp³-hybridized carbons (Fsp3) is 0. The molecule has 0 saturated heterocycles. The van der Waals surface area contributed by atoms with E-state index >= 15 is 0 Å². The summed E-state index contributed by atoms with van der Waals surface area (Å²) < 4.78 is 9.80. The Morgan fingerprint density at radius 3 is 0.808 bits per heavy atom. The molecule has 22 rings (SSSR count). The Kier molecular flexibility index (Phi) is 13.6. The molecule has 0 amide bonds. The summed E-state index contributed by atoms with van der Waals surface area (Å²) in [5, 5.41) is 20.1. The largest absolute Gasteiger partial charge is 0.309 e. The normalized spacial score (nSPS) is 11.8. The summed E-state index contributed by atoms with van der Waals surface area (Å²) in [7, 11) is 0. The van der Waals surface area contributed by atoms with Gasteiger partial charge in [-0.3, -0.25) is 0 Å². The first-order valence-corrected chi connectivity index (χ1v) is 35.9. The number of nitrogens with zero attached hydrogens (tertiary/aromatic N) is 4. The molecule has 0 unspecified atom stereocenters. The molecule has 4 aromatic heterocycles. The smallest absolute Gasteiger partial charge is 0.0547 e. The van der Waals surface area contributed by atoms with Crippen molar-refractivity contribution >= 4 is 130 Å². The second kappa shape index (κ2) is 24.0. The van der Waals surface area contributed by atoms with Gasteiger partial charge < -0.3 is 18.3 Å². The topological polar surface area (TPSA) is 19.7 Å². The quantitative estimate of drug-likeness (QED) is 0.135. The molecule has 4 heterocycles. The Balaban J connectivity index is 0.000000134. The lowest BCUT2D eigenvalue weighted by atomic mass is 9.99. The molecule has 18 aromatic carbocycles. The van der Waals surface area contributed by atoms with Crippen molar-refractivity contribution in [2.45, 2.75) is 0 Å². The van der Waals surface area contributed by atoms with Crippen LogP contribution in [0.25, 0.3) is 198 Å². The van der Waals surface area contributed by atoms with Gasteiger partial charge in [-0.2, -0.15) is 0 Å². The molecular formula is C100H64N4. The molecule has 484 valence electrons. The van der Waals surface area contributed by atoms with E-state index < -0.39 is 0 Å². The van der Waals surface area contributed by atoms with Gasteiger partial charge in [-0.05, 0) is 162 Å². The highest BCUT2D eigenvalue weighted by Gasteiger charge is 2.22. The van der Waals surface area contributed by atoms with Crippen molar-refractivity contribution in [2.75, 3.05) is 0 Å². The van der Waals surface area contributed by atoms with Crippen LogP contribution in [-0.2, 0) is 0 Å². The van der Waals surface area contributed by atoms with E-state index in [1.807, 2.05) is 0 Å². The van der Waals surface area contributed by atoms with Gasteiger partial charge in [0, 0.05) is 65.2 Å². The Labute approximate surface area is 600 Å². The number of hydrogen-bond donors (Lipinski definition) is 0. The average molecular weight is 1320 g/mol. The van der Waals surface area contributed by atoms with Crippen molar-refractivity contribution in [1.82, 2.24) is 18.3 Å². The first-order chi connectivity index (χ1) is 51.6. The fourth-order valence-electron chi connectivity index (χ4n) is 17.0. The number of benzene rings is 18. The predicted molar refractivity (Wildman–Crippen MR) is 442 cm³/mol. The Bertz CT molecular complexity index is 7210. The standard InChI is InChI=1S/2C50H32N2/c1-2-13-33(14-3-1)34-16-12-17-38(29-34)51-46-23-10-8-21-42(46)44-27-25-35(30-48(44)51)36-26-28-45-43-22-9-11-24-47(43)52(49(45)31-36)50-32-37-15-4-5-18-39(37)40-19-6-7-20-41(40)50;1-2-12-33(13-3-1)34-22-26-38(27-23-34)51-46-20-10-8-18-42(46)44-28-24-35(30-48(44)51)36-25-29-45-43-19-9-11-21-47(43)52(49(45)31-36)50-32-37-14-4-5-15-39(37)40-16-6-7-17-41(40)50/h2*1-32H. The highest BCUT2D eigenvalue weighted by molar-refractivity contribution is 6.19. The maximum absolute atomic E-state index is 2.48. The van der Waals surface area contributed by atoms with Gasteiger partial charge in [0.05, 0.1) is 55.5 Å². The van der Waals surface area contributed by atoms with Gasteiger partial charge in [-0.1, -0.05) is 303 Å². The molecule has 0 aliphatic carbocycles. The van der Waals surface area contributed by atoms with Crippen LogP contribution in [0.1, 0.15) is 0 Å². The summed E-state index contributed by atoms with van der Waals surface area (Å²) >= 11 is 0. The number of fused-ring (bicyclic) bond motifs is 18. The Morgan fingerprint density at radius 1 is 0.125 bits per heavy atom. The summed E-state index contributed by atoms with van der Waals surface area (Å²) in [5.41, 5.74) is 24.0. The molecule has 4 nitrogen and oxygen atoms in total. The maximum atomic E-state index is 2.48. The molecule has 0 saturated carbocycles. The van der Waals surface area contributed by atoms with Gasteiger partial charge in [0.2, 0.25) is 0 Å². The minimum Gasteiger partial charge on any atom is -0.309 e. The van der Waals surface area contributed by atoms with Crippen molar-refractivity contribution < 1.29 is 0 Å². The van der Waals surface area contributed by atoms with Crippen LogP contribution in [0.5, 0.6) is 0 Å². The fourth-order valence-corrected chi connectivity index (χ4v) is 17.0. The summed E-state index contributed by atoms with van der Waals surface area (Å²) in [5.74, 6) is 0. The van der Waals surface area contributed by atoms with Crippen LogP contribution in [0, 0.1) is 0 Å². The third kappa shape index (κ3) is 9.46. The van der Waals surface area contributed by atoms with Crippen LogP contribution in [0.4, 0.5) is 0 Å². The predicted octanol–water partition coefficient (Wildman–Crippen LogP) is 27.0. The second-order valence-electron chi connectivity index (χ2n) is 27.5. The summed E-state index contributed by atoms with van der Waals surface area (Å²) in [6.07, 6.45) is 0. The lowest BCUT2D eigenvalue weighted by Crippen LogP contribution is -1.96. The summed E-state index contributed by atoms with van der Waals surface area (Å²) in [6, 6.07) is 142. The summed E-state index contributed by atoms with van der Waals surface area (Å²) in [4.78, 5) is 0. The molecule has 4 heteroatoms. The molecule has 0 aliphatic rings. The van der Waals surface area contributed by atoms with Gasteiger partial charge in [0.25, 0.3) is 0 Å². The number of rotatable bonds is 8. The molecule has 0 aliphatic heterocycles. The highest BCUT2D eigenvalue weighted by Crippen LogP contribution is 2.44. The van der Waals surface area contributed by atoms with Crippen LogP contribution < -0.4 is 0 Å². The van der Waals surface area contributed by atoms with E-state index in [0.29, 0.717) is 0 Å². The van der Waals surface area contributed by atoms with Crippen molar-refractivity contribution in [1.29, 1.82) is 0 Å². The first kappa shape index (κ1) is 59.1. The monoisotopic (exact) mass is 1320 g/mol. The number of para-hydroxylation sites is 4. The van der Waals surface area contributed by atoms with E-state index in [1.54, 1.807) is 0 Å². The van der Waals surface area contributed by atoms with Crippen molar-refractivity contribution in [3.05, 3.63) is 388 Å². The number of aromatic nitrogens is 4. The van der Waals surface area contributed by atoms with Crippen molar-refractivity contribution in [3.63, 3.8) is 0 Å².